The van der Waals surface area contributed by atoms with E-state index in [4.69, 9.17) is 0 Å². The second-order valence-electron chi connectivity index (χ2n) is 5.60. The molecule has 0 fully saturated rings. The van der Waals surface area contributed by atoms with Gasteiger partial charge in [0.2, 0.25) is 5.91 Å². The lowest BCUT2D eigenvalue weighted by Crippen LogP contribution is -2.56. The molecule has 0 spiro atoms. The van der Waals surface area contributed by atoms with Gasteiger partial charge in [0.25, 0.3) is 0 Å². The second-order valence-corrected chi connectivity index (χ2v) is 8.17. The summed E-state index contributed by atoms with van der Waals surface area (Å²) in [6, 6.07) is -1.12. The molecule has 1 aliphatic heterocycles. The highest BCUT2D eigenvalue weighted by molar-refractivity contribution is 7.92. The Morgan fingerprint density at radius 3 is 2.62 bits per heavy atom. The zero-order chi connectivity index (χ0) is 16.0. The highest BCUT2D eigenvalue weighted by Crippen LogP contribution is 2.26. The summed E-state index contributed by atoms with van der Waals surface area (Å²) in [6.07, 6.45) is 2.45. The van der Waals surface area contributed by atoms with Gasteiger partial charge in [0.1, 0.15) is 10.8 Å². The SMILES string of the molecule is CC(C)(C(=O)N1Cc2[nH]cnc2CC1C(=O)O)S(C)(=O)=O. The molecule has 0 bridgehead atoms. The number of aromatic nitrogens is 2. The molecular formula is C12H17N3O5S. The number of carboxylic acid groups (broad SMARTS) is 1. The molecule has 0 aromatic carbocycles. The minimum atomic E-state index is -3.67. The minimum Gasteiger partial charge on any atom is -0.480 e. The molecule has 1 atom stereocenters. The van der Waals surface area contributed by atoms with E-state index >= 15 is 0 Å². The second kappa shape index (κ2) is 4.83. The Morgan fingerprint density at radius 1 is 1.48 bits per heavy atom. The number of imidazole rings is 1. The molecule has 0 saturated carbocycles. The van der Waals surface area contributed by atoms with Crippen molar-refractivity contribution in [3.8, 4) is 0 Å². The van der Waals surface area contributed by atoms with E-state index in [1.165, 1.54) is 20.2 Å². The Balaban J connectivity index is 2.42. The van der Waals surface area contributed by atoms with Crippen LogP contribution in [-0.4, -0.2) is 57.3 Å². The molecule has 9 heteroatoms. The quantitative estimate of drug-likeness (QED) is 0.781. The van der Waals surface area contributed by atoms with E-state index in [0.29, 0.717) is 11.4 Å². The van der Waals surface area contributed by atoms with Crippen LogP contribution in [0.5, 0.6) is 0 Å². The molecule has 21 heavy (non-hydrogen) atoms. The van der Waals surface area contributed by atoms with Gasteiger partial charge in [-0.25, -0.2) is 18.2 Å². The van der Waals surface area contributed by atoms with E-state index in [2.05, 4.69) is 9.97 Å². The number of H-pyrrole nitrogens is 1. The zero-order valence-electron chi connectivity index (χ0n) is 12.0. The first kappa shape index (κ1) is 15.5. The van der Waals surface area contributed by atoms with E-state index in [9.17, 15) is 23.1 Å². The van der Waals surface area contributed by atoms with Crippen LogP contribution >= 0.6 is 0 Å². The van der Waals surface area contributed by atoms with E-state index in [1.54, 1.807) is 0 Å². The van der Waals surface area contributed by atoms with Gasteiger partial charge in [-0.15, -0.1) is 0 Å². The third-order valence-electron chi connectivity index (χ3n) is 3.89. The summed E-state index contributed by atoms with van der Waals surface area (Å²) in [5, 5.41) is 9.31. The smallest absolute Gasteiger partial charge is 0.326 e. The number of hydrogen-bond acceptors (Lipinski definition) is 5. The maximum Gasteiger partial charge on any atom is 0.326 e. The van der Waals surface area contributed by atoms with Crippen molar-refractivity contribution in [3.63, 3.8) is 0 Å². The third kappa shape index (κ3) is 2.53. The van der Waals surface area contributed by atoms with Gasteiger partial charge in [0.05, 0.1) is 24.3 Å². The fraction of sp³-hybridized carbons (Fsp3) is 0.583. The van der Waals surface area contributed by atoms with Crippen molar-refractivity contribution in [2.75, 3.05) is 6.26 Å². The normalized spacial score (nSPS) is 19.2. The molecular weight excluding hydrogens is 298 g/mol. The predicted molar refractivity (Wildman–Crippen MR) is 73.2 cm³/mol. The lowest BCUT2D eigenvalue weighted by Gasteiger charge is -2.36. The number of aliphatic carboxylic acids is 1. The van der Waals surface area contributed by atoms with Crippen molar-refractivity contribution >= 4 is 21.7 Å². The standard InChI is InChI=1S/C12H17N3O5S/c1-12(2,21(3,19)20)11(18)15-5-8-7(13-6-14-8)4-9(15)10(16)17/h6,9H,4-5H2,1-3H3,(H,13,14)(H,16,17). The molecule has 2 heterocycles. The third-order valence-corrected chi connectivity index (χ3v) is 5.92. The lowest BCUT2D eigenvalue weighted by molar-refractivity contribution is -0.152. The fourth-order valence-corrected chi connectivity index (χ4v) is 2.61. The highest BCUT2D eigenvalue weighted by atomic mass is 32.2. The molecule has 0 radical (unpaired) electrons. The van der Waals surface area contributed by atoms with Crippen LogP contribution in [0.15, 0.2) is 6.33 Å². The molecule has 1 aliphatic rings. The average Bonchev–Trinajstić information content (AvgIpc) is 2.81. The van der Waals surface area contributed by atoms with E-state index in [0.717, 1.165) is 11.2 Å². The number of carbonyl (C=O) groups is 2. The number of fused-ring (bicyclic) bond motifs is 1. The van der Waals surface area contributed by atoms with Crippen molar-refractivity contribution in [1.82, 2.24) is 14.9 Å². The molecule has 1 aromatic heterocycles. The van der Waals surface area contributed by atoms with Gasteiger partial charge in [-0.2, -0.15) is 0 Å². The molecule has 0 saturated heterocycles. The van der Waals surface area contributed by atoms with Gasteiger partial charge in [0.15, 0.2) is 9.84 Å². The molecule has 116 valence electrons. The lowest BCUT2D eigenvalue weighted by atomic mass is 10.0. The number of nitrogens with one attached hydrogen (secondary N) is 1. The van der Waals surface area contributed by atoms with Crippen LogP contribution in [0.1, 0.15) is 25.2 Å². The van der Waals surface area contributed by atoms with Crippen LogP contribution in [-0.2, 0) is 32.4 Å². The maximum absolute atomic E-state index is 12.6. The summed E-state index contributed by atoms with van der Waals surface area (Å²) >= 11 is 0. The number of rotatable bonds is 3. The summed E-state index contributed by atoms with van der Waals surface area (Å²) in [4.78, 5) is 31.9. The van der Waals surface area contributed by atoms with Crippen molar-refractivity contribution in [2.45, 2.75) is 37.6 Å². The van der Waals surface area contributed by atoms with E-state index in [-0.39, 0.29) is 13.0 Å². The molecule has 1 unspecified atom stereocenters. The van der Waals surface area contributed by atoms with Crippen molar-refractivity contribution in [3.05, 3.63) is 17.7 Å². The zero-order valence-corrected chi connectivity index (χ0v) is 12.8. The van der Waals surface area contributed by atoms with E-state index < -0.39 is 32.5 Å². The van der Waals surface area contributed by atoms with Crippen LogP contribution in [0, 0.1) is 0 Å². The first-order chi connectivity index (χ1) is 9.55. The number of carbonyl (C=O) groups excluding carboxylic acids is 1. The Hall–Kier alpha value is -1.90. The number of nitrogens with zero attached hydrogens (tertiary/aromatic N) is 2. The van der Waals surface area contributed by atoms with E-state index in [1.807, 2.05) is 0 Å². The Bertz CT molecular complexity index is 692. The summed E-state index contributed by atoms with van der Waals surface area (Å²) in [7, 11) is -3.67. The molecule has 2 rings (SSSR count). The fourth-order valence-electron chi connectivity index (χ4n) is 2.17. The summed E-state index contributed by atoms with van der Waals surface area (Å²) in [5.74, 6) is -1.90. The summed E-state index contributed by atoms with van der Waals surface area (Å²) in [6.45, 7) is 2.57. The summed E-state index contributed by atoms with van der Waals surface area (Å²) < 4.78 is 21.9. The molecule has 1 amide bonds. The van der Waals surface area contributed by atoms with Gasteiger partial charge >= 0.3 is 5.97 Å². The Morgan fingerprint density at radius 2 is 2.10 bits per heavy atom. The predicted octanol–water partition coefficient (Wildman–Crippen LogP) is -0.429. The van der Waals surface area contributed by atoms with Gasteiger partial charge in [-0.05, 0) is 13.8 Å². The molecule has 0 aliphatic carbocycles. The van der Waals surface area contributed by atoms with Crippen molar-refractivity contribution in [1.29, 1.82) is 0 Å². The molecule has 2 N–H and O–H groups in total. The Kier molecular flexibility index (Phi) is 3.56. The average molecular weight is 315 g/mol. The van der Waals surface area contributed by atoms with Gasteiger partial charge < -0.3 is 15.0 Å². The highest BCUT2D eigenvalue weighted by Gasteiger charge is 2.46. The van der Waals surface area contributed by atoms with Crippen LogP contribution in [0.3, 0.4) is 0 Å². The molecule has 8 nitrogen and oxygen atoms in total. The van der Waals surface area contributed by atoms with Gasteiger partial charge in [-0.1, -0.05) is 0 Å². The number of sulfone groups is 1. The number of amides is 1. The Labute approximate surface area is 122 Å². The minimum absolute atomic E-state index is 0.00405. The van der Waals surface area contributed by atoms with Crippen molar-refractivity contribution in [2.24, 2.45) is 0 Å². The van der Waals surface area contributed by atoms with Crippen molar-refractivity contribution < 1.29 is 23.1 Å². The van der Waals surface area contributed by atoms with Crippen LogP contribution in [0.25, 0.3) is 0 Å². The number of carboxylic acids is 1. The van der Waals surface area contributed by atoms with Gasteiger partial charge in [-0.3, -0.25) is 4.79 Å². The van der Waals surface area contributed by atoms with Crippen LogP contribution < -0.4 is 0 Å². The molecule has 1 aromatic rings. The summed E-state index contributed by atoms with van der Waals surface area (Å²) in [5.41, 5.74) is 1.22. The number of hydrogen-bond donors (Lipinski definition) is 2. The monoisotopic (exact) mass is 315 g/mol. The first-order valence-electron chi connectivity index (χ1n) is 6.30. The first-order valence-corrected chi connectivity index (χ1v) is 8.19. The largest absolute Gasteiger partial charge is 0.480 e. The number of aromatic amines is 1. The maximum atomic E-state index is 12.6. The van der Waals surface area contributed by atoms with Crippen LogP contribution in [0.2, 0.25) is 0 Å². The van der Waals surface area contributed by atoms with Crippen LogP contribution in [0.4, 0.5) is 0 Å². The topological polar surface area (TPSA) is 120 Å². The van der Waals surface area contributed by atoms with Gasteiger partial charge in [0, 0.05) is 12.7 Å².